The van der Waals surface area contributed by atoms with Crippen LogP contribution in [0, 0.1) is 0 Å². The Morgan fingerprint density at radius 1 is 1.19 bits per heavy atom. The minimum Gasteiger partial charge on any atom is -0.362 e. The average molecular weight is 257 g/mol. The Bertz CT molecular complexity index is 404. The van der Waals surface area contributed by atoms with Crippen molar-refractivity contribution >= 4 is 23.2 Å². The summed E-state index contributed by atoms with van der Waals surface area (Å²) < 4.78 is 0. The quantitative estimate of drug-likeness (QED) is 0.820. The molecule has 86 valence electrons. The molecular formula is C12H14Cl2N2. The van der Waals surface area contributed by atoms with Gasteiger partial charge in [0.1, 0.15) is 0 Å². The van der Waals surface area contributed by atoms with Gasteiger partial charge >= 0.3 is 0 Å². The topological polar surface area (TPSA) is 6.48 Å². The van der Waals surface area contributed by atoms with Crippen LogP contribution in [0.5, 0.6) is 0 Å². The maximum Gasteiger partial charge on any atom is 0.0890 e. The highest BCUT2D eigenvalue weighted by atomic mass is 35.5. The summed E-state index contributed by atoms with van der Waals surface area (Å²) in [4.78, 5) is 4.41. The molecule has 0 fully saturated rings. The molecule has 0 radical (unpaired) electrons. The van der Waals surface area contributed by atoms with Gasteiger partial charge < -0.3 is 9.80 Å². The molecule has 0 spiro atoms. The molecule has 0 saturated carbocycles. The first-order chi connectivity index (χ1) is 7.65. The van der Waals surface area contributed by atoms with E-state index in [0.29, 0.717) is 10.0 Å². The third-order valence-electron chi connectivity index (χ3n) is 2.61. The van der Waals surface area contributed by atoms with E-state index in [2.05, 4.69) is 29.2 Å². The fourth-order valence-electron chi connectivity index (χ4n) is 1.70. The van der Waals surface area contributed by atoms with Gasteiger partial charge in [-0.25, -0.2) is 0 Å². The molecule has 0 aromatic heterocycles. The standard InChI is InChI=1S/C12H14Cl2N2/c1-15-6-7-16(9-15)5-4-10-2-3-11(13)12(14)8-10/h2-3,6-8H,4-5,9H2,1H3. The van der Waals surface area contributed by atoms with Gasteiger partial charge in [-0.05, 0) is 24.1 Å². The summed E-state index contributed by atoms with van der Waals surface area (Å²) >= 11 is 11.8. The van der Waals surface area contributed by atoms with E-state index >= 15 is 0 Å². The van der Waals surface area contributed by atoms with E-state index in [1.54, 1.807) is 0 Å². The molecule has 0 N–H and O–H groups in total. The molecule has 0 bridgehead atoms. The third kappa shape index (κ3) is 2.83. The molecule has 0 unspecified atom stereocenters. The molecule has 0 aliphatic carbocycles. The van der Waals surface area contributed by atoms with Crippen LogP contribution in [-0.4, -0.2) is 30.1 Å². The van der Waals surface area contributed by atoms with Crippen molar-refractivity contribution in [2.45, 2.75) is 6.42 Å². The molecule has 1 heterocycles. The maximum absolute atomic E-state index is 5.96. The van der Waals surface area contributed by atoms with Crippen LogP contribution in [0.25, 0.3) is 0 Å². The van der Waals surface area contributed by atoms with Gasteiger partial charge in [0.05, 0.1) is 16.7 Å². The van der Waals surface area contributed by atoms with Crippen LogP contribution in [0.3, 0.4) is 0 Å². The monoisotopic (exact) mass is 256 g/mol. The number of halogens is 2. The average Bonchev–Trinajstić information content (AvgIpc) is 2.66. The predicted molar refractivity (Wildman–Crippen MR) is 68.6 cm³/mol. The van der Waals surface area contributed by atoms with Crippen molar-refractivity contribution < 1.29 is 0 Å². The van der Waals surface area contributed by atoms with Crippen molar-refractivity contribution in [2.75, 3.05) is 20.3 Å². The molecule has 4 heteroatoms. The maximum atomic E-state index is 5.96. The van der Waals surface area contributed by atoms with Crippen LogP contribution in [0.1, 0.15) is 5.56 Å². The number of hydrogen-bond acceptors (Lipinski definition) is 2. The molecule has 0 amide bonds. The lowest BCUT2D eigenvalue weighted by Gasteiger charge is -2.17. The van der Waals surface area contributed by atoms with Crippen molar-refractivity contribution in [3.8, 4) is 0 Å². The SMILES string of the molecule is CN1C=CN(CCc2ccc(Cl)c(Cl)c2)C1. The van der Waals surface area contributed by atoms with Crippen LogP contribution in [0.2, 0.25) is 10.0 Å². The van der Waals surface area contributed by atoms with Crippen molar-refractivity contribution in [1.82, 2.24) is 9.80 Å². The molecule has 2 nitrogen and oxygen atoms in total. The number of nitrogens with zero attached hydrogens (tertiary/aromatic N) is 2. The van der Waals surface area contributed by atoms with Crippen LogP contribution >= 0.6 is 23.2 Å². The van der Waals surface area contributed by atoms with E-state index in [1.165, 1.54) is 5.56 Å². The fourth-order valence-corrected chi connectivity index (χ4v) is 2.02. The van der Waals surface area contributed by atoms with E-state index in [4.69, 9.17) is 23.2 Å². The van der Waals surface area contributed by atoms with E-state index in [1.807, 2.05) is 18.2 Å². The first-order valence-corrected chi connectivity index (χ1v) is 5.97. The van der Waals surface area contributed by atoms with E-state index in [-0.39, 0.29) is 0 Å². The van der Waals surface area contributed by atoms with Crippen molar-refractivity contribution in [2.24, 2.45) is 0 Å². The van der Waals surface area contributed by atoms with E-state index in [0.717, 1.165) is 19.6 Å². The van der Waals surface area contributed by atoms with Crippen LogP contribution in [0.4, 0.5) is 0 Å². The highest BCUT2D eigenvalue weighted by Crippen LogP contribution is 2.22. The Balaban J connectivity index is 1.90. The zero-order chi connectivity index (χ0) is 11.5. The van der Waals surface area contributed by atoms with Crippen LogP contribution in [0.15, 0.2) is 30.6 Å². The van der Waals surface area contributed by atoms with E-state index in [9.17, 15) is 0 Å². The summed E-state index contributed by atoms with van der Waals surface area (Å²) in [6.45, 7) is 1.96. The smallest absolute Gasteiger partial charge is 0.0890 e. The molecule has 1 aromatic carbocycles. The van der Waals surface area contributed by atoms with Gasteiger partial charge in [-0.2, -0.15) is 0 Å². The third-order valence-corrected chi connectivity index (χ3v) is 3.35. The van der Waals surface area contributed by atoms with Crippen LogP contribution in [-0.2, 0) is 6.42 Å². The largest absolute Gasteiger partial charge is 0.362 e. The number of rotatable bonds is 3. The van der Waals surface area contributed by atoms with Gasteiger partial charge in [0.2, 0.25) is 0 Å². The first-order valence-electron chi connectivity index (χ1n) is 5.22. The normalized spacial score (nSPS) is 14.9. The molecule has 0 saturated heterocycles. The van der Waals surface area contributed by atoms with Crippen LogP contribution < -0.4 is 0 Å². The van der Waals surface area contributed by atoms with E-state index < -0.39 is 0 Å². The second-order valence-corrected chi connectivity index (χ2v) is 4.82. The van der Waals surface area contributed by atoms with Gasteiger partial charge in [-0.1, -0.05) is 29.3 Å². The van der Waals surface area contributed by atoms with Crippen molar-refractivity contribution in [1.29, 1.82) is 0 Å². The molecular weight excluding hydrogens is 243 g/mol. The lowest BCUT2D eigenvalue weighted by atomic mass is 10.1. The molecule has 0 atom stereocenters. The number of benzene rings is 1. The molecule has 1 aliphatic rings. The predicted octanol–water partition coefficient (Wildman–Crippen LogP) is 3.21. The Morgan fingerprint density at radius 3 is 2.62 bits per heavy atom. The minimum atomic E-state index is 0.617. The van der Waals surface area contributed by atoms with Crippen molar-refractivity contribution in [3.05, 3.63) is 46.2 Å². The van der Waals surface area contributed by atoms with Gasteiger partial charge in [0.15, 0.2) is 0 Å². The lowest BCUT2D eigenvalue weighted by Crippen LogP contribution is -2.24. The zero-order valence-corrected chi connectivity index (χ0v) is 10.7. The molecule has 1 aliphatic heterocycles. The summed E-state index contributed by atoms with van der Waals surface area (Å²) in [5.74, 6) is 0. The Hall–Kier alpha value is -0.860. The second kappa shape index (κ2) is 4.98. The first kappa shape index (κ1) is 11.6. The van der Waals surface area contributed by atoms with Gasteiger partial charge in [0, 0.05) is 26.0 Å². The highest BCUT2D eigenvalue weighted by molar-refractivity contribution is 6.42. The molecule has 1 aromatic rings. The summed E-state index contributed by atoms with van der Waals surface area (Å²) in [6.07, 6.45) is 5.17. The van der Waals surface area contributed by atoms with Gasteiger partial charge in [-0.15, -0.1) is 0 Å². The molecule has 16 heavy (non-hydrogen) atoms. The lowest BCUT2D eigenvalue weighted by molar-refractivity contribution is 0.299. The van der Waals surface area contributed by atoms with Crippen molar-refractivity contribution in [3.63, 3.8) is 0 Å². The fraction of sp³-hybridized carbons (Fsp3) is 0.333. The highest BCUT2D eigenvalue weighted by Gasteiger charge is 2.08. The van der Waals surface area contributed by atoms with Gasteiger partial charge in [0.25, 0.3) is 0 Å². The summed E-state index contributed by atoms with van der Waals surface area (Å²) in [5, 5.41) is 1.25. The summed E-state index contributed by atoms with van der Waals surface area (Å²) in [6, 6.07) is 5.82. The minimum absolute atomic E-state index is 0.617. The summed E-state index contributed by atoms with van der Waals surface area (Å²) in [5.41, 5.74) is 1.22. The Labute approximate surface area is 106 Å². The zero-order valence-electron chi connectivity index (χ0n) is 9.16. The summed E-state index contributed by atoms with van der Waals surface area (Å²) in [7, 11) is 2.07. The Morgan fingerprint density at radius 2 is 2.00 bits per heavy atom. The van der Waals surface area contributed by atoms with Gasteiger partial charge in [-0.3, -0.25) is 0 Å². The molecule has 2 rings (SSSR count). The number of hydrogen-bond donors (Lipinski definition) is 0. The Kier molecular flexibility index (Phi) is 3.62. The second-order valence-electron chi connectivity index (χ2n) is 4.01.